The highest BCUT2D eigenvalue weighted by molar-refractivity contribution is 5.47. The van der Waals surface area contributed by atoms with E-state index in [0.29, 0.717) is 6.41 Å². The molecule has 0 aromatic rings. The van der Waals surface area contributed by atoms with Crippen LogP contribution in [0.2, 0.25) is 0 Å². The Morgan fingerprint density at radius 2 is 2.40 bits per heavy atom. The molecule has 2 heteroatoms. The van der Waals surface area contributed by atoms with Gasteiger partial charge < -0.3 is 5.32 Å². The molecule has 0 aliphatic rings. The van der Waals surface area contributed by atoms with E-state index in [9.17, 15) is 4.79 Å². The van der Waals surface area contributed by atoms with Crippen molar-refractivity contribution >= 4 is 6.41 Å². The molecule has 0 aromatic carbocycles. The van der Waals surface area contributed by atoms with Crippen LogP contribution in [0.25, 0.3) is 0 Å². The minimum Gasteiger partial charge on any atom is -0.336 e. The summed E-state index contributed by atoms with van der Waals surface area (Å²) in [5, 5.41) is 2.19. The first-order chi connectivity index (χ1) is 2.41. The van der Waals surface area contributed by atoms with Crippen molar-refractivity contribution in [3.63, 3.8) is 0 Å². The lowest BCUT2D eigenvalue weighted by Gasteiger charge is -1.70. The monoisotopic (exact) mass is 71.0 g/mol. The zero-order valence-corrected chi connectivity index (χ0v) is 2.77. The molecule has 0 radical (unpaired) electrons. The largest absolute Gasteiger partial charge is 0.336 e. The fourth-order valence-electron chi connectivity index (χ4n) is 0.0481. The summed E-state index contributed by atoms with van der Waals surface area (Å²) in [6.45, 7) is 3.21. The van der Waals surface area contributed by atoms with Crippen LogP contribution in [0.5, 0.6) is 0 Å². The summed E-state index contributed by atoms with van der Waals surface area (Å²) in [5.74, 6) is 0. The van der Waals surface area contributed by atoms with Gasteiger partial charge in [0.05, 0.1) is 0 Å². The third-order valence-corrected chi connectivity index (χ3v) is 0.186. The predicted molar refractivity (Wildman–Crippen MR) is 19.4 cm³/mol. The number of nitrogens with one attached hydrogen (secondary N) is 1. The third-order valence-electron chi connectivity index (χ3n) is 0.186. The topological polar surface area (TPSA) is 29.1 Å². The number of hydrogen-bond acceptors (Lipinski definition) is 1. The summed E-state index contributed by atoms with van der Waals surface area (Å²) in [6, 6.07) is 0. The summed E-state index contributed by atoms with van der Waals surface area (Å²) >= 11 is 0. The van der Waals surface area contributed by atoms with Crippen LogP contribution in [0.3, 0.4) is 0 Å². The van der Waals surface area contributed by atoms with Crippen LogP contribution in [-0.2, 0) is 4.79 Å². The van der Waals surface area contributed by atoms with E-state index < -0.39 is 0 Å². The highest BCUT2D eigenvalue weighted by atomic mass is 16.1. The second-order valence-electron chi connectivity index (χ2n) is 0.489. The molecule has 0 aromatic heterocycles. The second kappa shape index (κ2) is 3.21. The molecule has 0 saturated heterocycles. The third kappa shape index (κ3) is 3.21. The number of hydrogen-bond donors (Lipinski definition) is 1. The van der Waals surface area contributed by atoms with Crippen molar-refractivity contribution in [1.82, 2.24) is 5.32 Å². The van der Waals surface area contributed by atoms with Gasteiger partial charge in [0, 0.05) is 0 Å². The number of carbonyl (C=O) groups excluding carboxylic acids is 1. The summed E-state index contributed by atoms with van der Waals surface area (Å²) in [5.41, 5.74) is 0. The maximum Gasteiger partial charge on any atom is 0.211 e. The Hall–Kier alpha value is -0.790. The molecule has 0 bridgehead atoms. The Kier molecular flexibility index (Phi) is 2.70. The molecule has 0 spiro atoms. The zero-order valence-electron chi connectivity index (χ0n) is 2.77. The van der Waals surface area contributed by atoms with Crippen molar-refractivity contribution < 1.29 is 4.79 Å². The molecule has 0 saturated carbocycles. The van der Waals surface area contributed by atoms with Crippen molar-refractivity contribution in [1.29, 1.82) is 0 Å². The molecule has 1 amide bonds. The molecule has 5 heavy (non-hydrogen) atoms. The lowest BCUT2D eigenvalue weighted by molar-refractivity contribution is -0.108. The summed E-state index contributed by atoms with van der Waals surface area (Å²) in [4.78, 5) is 9.22. The normalized spacial score (nSPS) is 5.60. The van der Waals surface area contributed by atoms with E-state index in [1.165, 1.54) is 6.20 Å². The maximum absolute atomic E-state index is 9.22. The molecular formula is C3H5NO. The molecule has 0 heterocycles. The smallest absolute Gasteiger partial charge is 0.211 e. The van der Waals surface area contributed by atoms with E-state index >= 15 is 0 Å². The molecule has 1 N–H and O–H groups in total. The molecule has 0 aliphatic heterocycles. The fourth-order valence-corrected chi connectivity index (χ4v) is 0.0481. The van der Waals surface area contributed by atoms with Crippen LogP contribution >= 0.6 is 0 Å². The predicted octanol–water partition coefficient (Wildman–Crippen LogP) is -0.124. The van der Waals surface area contributed by atoms with Crippen molar-refractivity contribution in [2.24, 2.45) is 0 Å². The lowest BCUT2D eigenvalue weighted by atomic mass is 11.0. The van der Waals surface area contributed by atoms with Crippen molar-refractivity contribution in [2.75, 3.05) is 0 Å². The van der Waals surface area contributed by atoms with Crippen molar-refractivity contribution in [3.05, 3.63) is 12.8 Å². The van der Waals surface area contributed by atoms with Gasteiger partial charge in [-0.25, -0.2) is 0 Å². The minimum atomic E-state index is 0.562. The average Bonchev–Trinajstić information content (AvgIpc) is 1.41. The van der Waals surface area contributed by atoms with Gasteiger partial charge in [-0.2, -0.15) is 0 Å². The van der Waals surface area contributed by atoms with Crippen molar-refractivity contribution in [2.45, 2.75) is 0 Å². The highest BCUT2D eigenvalue weighted by Crippen LogP contribution is 1.35. The molecule has 0 fully saturated rings. The Balaban J connectivity index is 2.65. The van der Waals surface area contributed by atoms with Crippen LogP contribution in [-0.4, -0.2) is 6.41 Å². The van der Waals surface area contributed by atoms with Gasteiger partial charge in [-0.15, -0.1) is 0 Å². The quantitative estimate of drug-likeness (QED) is 0.451. The van der Waals surface area contributed by atoms with Crippen LogP contribution in [0, 0.1) is 0 Å². The molecule has 0 rings (SSSR count). The fraction of sp³-hybridized carbons (Fsp3) is 0. The van der Waals surface area contributed by atoms with E-state index in [1.807, 2.05) is 0 Å². The van der Waals surface area contributed by atoms with Gasteiger partial charge >= 0.3 is 0 Å². The second-order valence-corrected chi connectivity index (χ2v) is 0.489. The van der Waals surface area contributed by atoms with Crippen molar-refractivity contribution in [3.8, 4) is 0 Å². The first-order valence-electron chi connectivity index (χ1n) is 1.22. The van der Waals surface area contributed by atoms with E-state index in [-0.39, 0.29) is 0 Å². The van der Waals surface area contributed by atoms with Crippen LogP contribution in [0.1, 0.15) is 0 Å². The summed E-state index contributed by atoms with van der Waals surface area (Å²) < 4.78 is 0. The van der Waals surface area contributed by atoms with E-state index in [1.54, 1.807) is 0 Å². The van der Waals surface area contributed by atoms with Gasteiger partial charge in [0.25, 0.3) is 0 Å². The van der Waals surface area contributed by atoms with E-state index in [0.717, 1.165) is 0 Å². The van der Waals surface area contributed by atoms with Gasteiger partial charge in [-0.3, -0.25) is 4.79 Å². The van der Waals surface area contributed by atoms with Gasteiger partial charge in [0.2, 0.25) is 6.41 Å². The van der Waals surface area contributed by atoms with Crippen LogP contribution in [0.15, 0.2) is 12.8 Å². The van der Waals surface area contributed by atoms with Gasteiger partial charge in [0.15, 0.2) is 0 Å². The van der Waals surface area contributed by atoms with Crippen LogP contribution in [0.4, 0.5) is 0 Å². The molecule has 28 valence electrons. The SMILES string of the molecule is C=CNC=O. The Morgan fingerprint density at radius 1 is 1.80 bits per heavy atom. The Bertz CT molecular complexity index is 36.2. The lowest BCUT2D eigenvalue weighted by Crippen LogP contribution is -1.96. The Labute approximate surface area is 30.5 Å². The van der Waals surface area contributed by atoms with E-state index in [4.69, 9.17) is 0 Å². The first kappa shape index (κ1) is 4.21. The minimum absolute atomic E-state index is 0.562. The number of amides is 1. The summed E-state index contributed by atoms with van der Waals surface area (Å²) in [7, 11) is 0. The standard InChI is InChI=1S/C3H5NO/c1-2-4-3-5/h2-3H,1H2,(H,4,5). The van der Waals surface area contributed by atoms with E-state index in [2.05, 4.69) is 11.9 Å². The summed E-state index contributed by atoms with van der Waals surface area (Å²) in [6.07, 6.45) is 1.88. The van der Waals surface area contributed by atoms with Gasteiger partial charge in [-0.05, 0) is 6.20 Å². The van der Waals surface area contributed by atoms with Gasteiger partial charge in [-0.1, -0.05) is 6.58 Å². The molecular weight excluding hydrogens is 66.0 g/mol. The average molecular weight is 71.1 g/mol. The highest BCUT2D eigenvalue weighted by Gasteiger charge is 1.50. The van der Waals surface area contributed by atoms with Gasteiger partial charge in [0.1, 0.15) is 0 Å². The first-order valence-corrected chi connectivity index (χ1v) is 1.22. The molecule has 0 unspecified atom stereocenters. The Morgan fingerprint density at radius 3 is 2.40 bits per heavy atom. The molecule has 0 atom stereocenters. The number of carbonyl (C=O) groups is 1. The van der Waals surface area contributed by atoms with Crippen LogP contribution < -0.4 is 5.32 Å². The zero-order chi connectivity index (χ0) is 4.12. The number of rotatable bonds is 2. The molecule has 2 nitrogen and oxygen atoms in total. The maximum atomic E-state index is 9.22. The molecule has 0 aliphatic carbocycles.